The minimum Gasteiger partial charge on any atom is -0.439 e. The van der Waals surface area contributed by atoms with E-state index in [2.05, 4.69) is 15.0 Å². The number of pyridine rings is 1. The van der Waals surface area contributed by atoms with E-state index in [1.807, 2.05) is 0 Å². The first-order valence-corrected chi connectivity index (χ1v) is 7.12. The second-order valence-electron chi connectivity index (χ2n) is 4.96. The maximum absolute atomic E-state index is 12.8. The molecule has 9 heteroatoms. The van der Waals surface area contributed by atoms with Gasteiger partial charge in [0.2, 0.25) is 11.7 Å². The molecule has 3 rings (SSSR count). The summed E-state index contributed by atoms with van der Waals surface area (Å²) in [5, 5.41) is 10.8. The largest absolute Gasteiger partial charge is 0.439 e. The first-order valence-electron chi connectivity index (χ1n) is 7.12. The Morgan fingerprint density at radius 3 is 2.56 bits per heavy atom. The van der Waals surface area contributed by atoms with Gasteiger partial charge in [-0.15, -0.1) is 0 Å². The highest BCUT2D eigenvalue weighted by Crippen LogP contribution is 2.21. The van der Waals surface area contributed by atoms with Gasteiger partial charge in [-0.05, 0) is 35.3 Å². The second-order valence-corrected chi connectivity index (χ2v) is 4.96. The number of aromatic nitrogens is 3. The summed E-state index contributed by atoms with van der Waals surface area (Å²) in [6.07, 6.45) is 4.05. The molecule has 0 radical (unpaired) electrons. The first kappa shape index (κ1) is 16.2. The fourth-order valence-corrected chi connectivity index (χ4v) is 1.97. The summed E-state index contributed by atoms with van der Waals surface area (Å²) in [5.41, 5.74) is 0.525. The van der Waals surface area contributed by atoms with Crippen molar-refractivity contribution in [3.05, 3.63) is 70.5 Å². The van der Waals surface area contributed by atoms with Gasteiger partial charge in [0.15, 0.2) is 0 Å². The third kappa shape index (κ3) is 3.83. The van der Waals surface area contributed by atoms with Gasteiger partial charge in [-0.3, -0.25) is 0 Å². The van der Waals surface area contributed by atoms with E-state index >= 15 is 0 Å². The van der Waals surface area contributed by atoms with Gasteiger partial charge in [0.05, 0.1) is 25.1 Å². The molecule has 0 aliphatic heterocycles. The minimum atomic E-state index is -0.520. The summed E-state index contributed by atoms with van der Waals surface area (Å²) in [7, 11) is 1.53. The summed E-state index contributed by atoms with van der Waals surface area (Å²) >= 11 is 0. The summed E-state index contributed by atoms with van der Waals surface area (Å²) in [4.78, 5) is 22.4. The molecule has 0 saturated heterocycles. The van der Waals surface area contributed by atoms with Crippen LogP contribution in [-0.4, -0.2) is 25.7 Å². The summed E-state index contributed by atoms with van der Waals surface area (Å²) in [5.74, 6) is 0.670. The van der Waals surface area contributed by atoms with Crippen LogP contribution in [0.1, 0.15) is 5.82 Å². The molecule has 0 spiro atoms. The molecule has 0 aliphatic rings. The van der Waals surface area contributed by atoms with Crippen molar-refractivity contribution in [1.29, 1.82) is 0 Å². The van der Waals surface area contributed by atoms with Crippen molar-refractivity contribution >= 4 is 17.7 Å². The maximum atomic E-state index is 12.8. The van der Waals surface area contributed by atoms with Crippen LogP contribution in [0.5, 0.6) is 11.6 Å². The lowest BCUT2D eigenvalue weighted by atomic mass is 10.3. The van der Waals surface area contributed by atoms with Gasteiger partial charge in [0.25, 0.3) is 0 Å². The zero-order valence-electron chi connectivity index (χ0n) is 13.0. The molecule has 2 aromatic heterocycles. The zero-order chi connectivity index (χ0) is 17.8. The highest BCUT2D eigenvalue weighted by molar-refractivity contribution is 5.78. The van der Waals surface area contributed by atoms with E-state index in [-0.39, 0.29) is 11.6 Å². The fourth-order valence-electron chi connectivity index (χ4n) is 1.97. The topological polar surface area (TPSA) is 95.4 Å². The van der Waals surface area contributed by atoms with E-state index in [4.69, 9.17) is 4.74 Å². The molecule has 0 amide bonds. The highest BCUT2D eigenvalue weighted by atomic mass is 19.1. The summed E-state index contributed by atoms with van der Waals surface area (Å²) in [6, 6.07) is 8.85. The fraction of sp³-hybridized carbons (Fsp3) is 0.0625. The van der Waals surface area contributed by atoms with Gasteiger partial charge < -0.3 is 14.9 Å². The molecule has 0 atom stereocenters. The Balaban J connectivity index is 1.70. The molecule has 0 fully saturated rings. The van der Waals surface area contributed by atoms with Gasteiger partial charge >= 0.3 is 5.82 Å². The lowest BCUT2D eigenvalue weighted by Gasteiger charge is -2.04. The van der Waals surface area contributed by atoms with Crippen molar-refractivity contribution in [1.82, 2.24) is 14.5 Å². The van der Waals surface area contributed by atoms with Gasteiger partial charge in [0.1, 0.15) is 17.8 Å². The Hall–Kier alpha value is -3.62. The first-order chi connectivity index (χ1) is 12.0. The van der Waals surface area contributed by atoms with Gasteiger partial charge in [-0.2, -0.15) is 0 Å². The number of rotatable bonds is 5. The maximum Gasteiger partial charge on any atom is 0.342 e. The number of aliphatic imine (C=N–C) groups is 1. The number of hydrogen-bond acceptors (Lipinski definition) is 6. The van der Waals surface area contributed by atoms with Crippen LogP contribution in [0, 0.1) is 15.9 Å². The average molecular weight is 341 g/mol. The summed E-state index contributed by atoms with van der Waals surface area (Å²) < 4.78 is 19.6. The number of ether oxygens (including phenoxy) is 1. The van der Waals surface area contributed by atoms with E-state index in [0.717, 1.165) is 0 Å². The lowest BCUT2D eigenvalue weighted by molar-refractivity contribution is -0.391. The number of hydrogen-bond donors (Lipinski definition) is 0. The molecule has 0 N–H and O–H groups in total. The van der Waals surface area contributed by atoms with E-state index in [1.54, 1.807) is 12.1 Å². The van der Waals surface area contributed by atoms with E-state index in [0.29, 0.717) is 23.1 Å². The number of imidazole rings is 1. The standard InChI is InChI=1S/C16H12FN5O3/c1-21-14(19-10-16(21)22(23)24)9-18-12-4-7-15(20-8-12)25-13-5-2-11(17)3-6-13/h2-10H,1H3. The van der Waals surface area contributed by atoms with Gasteiger partial charge in [0, 0.05) is 6.07 Å². The zero-order valence-corrected chi connectivity index (χ0v) is 13.0. The normalized spacial score (nSPS) is 11.0. The van der Waals surface area contributed by atoms with E-state index in [1.165, 1.54) is 54.5 Å². The van der Waals surface area contributed by atoms with Crippen LogP contribution in [0.2, 0.25) is 0 Å². The predicted octanol–water partition coefficient (Wildman–Crippen LogP) is 3.41. The van der Waals surface area contributed by atoms with Gasteiger partial charge in [-0.1, -0.05) is 0 Å². The van der Waals surface area contributed by atoms with Crippen molar-refractivity contribution in [2.75, 3.05) is 0 Å². The highest BCUT2D eigenvalue weighted by Gasteiger charge is 2.14. The molecule has 126 valence electrons. The molecule has 25 heavy (non-hydrogen) atoms. The third-order valence-corrected chi connectivity index (χ3v) is 3.27. The molecule has 0 aliphatic carbocycles. The molecule has 2 heterocycles. The van der Waals surface area contributed by atoms with Crippen LogP contribution in [0.3, 0.4) is 0 Å². The molecule has 0 saturated carbocycles. The minimum absolute atomic E-state index is 0.123. The lowest BCUT2D eigenvalue weighted by Crippen LogP contribution is -2.01. The molecule has 0 bridgehead atoms. The summed E-state index contributed by atoms with van der Waals surface area (Å²) in [6.45, 7) is 0. The Labute approximate surface area is 141 Å². The van der Waals surface area contributed by atoms with Crippen LogP contribution in [-0.2, 0) is 7.05 Å². The Morgan fingerprint density at radius 2 is 1.96 bits per heavy atom. The Kier molecular flexibility index (Phi) is 4.46. The predicted molar refractivity (Wildman–Crippen MR) is 87.8 cm³/mol. The van der Waals surface area contributed by atoms with E-state index in [9.17, 15) is 14.5 Å². The third-order valence-electron chi connectivity index (χ3n) is 3.27. The van der Waals surface area contributed by atoms with Crippen molar-refractivity contribution < 1.29 is 14.1 Å². The van der Waals surface area contributed by atoms with Crippen LogP contribution in [0.4, 0.5) is 15.9 Å². The number of nitro groups is 1. The average Bonchev–Trinajstić information content (AvgIpc) is 2.97. The van der Waals surface area contributed by atoms with Crippen molar-refractivity contribution in [2.24, 2.45) is 12.0 Å². The Morgan fingerprint density at radius 1 is 1.20 bits per heavy atom. The molecular weight excluding hydrogens is 329 g/mol. The van der Waals surface area contributed by atoms with E-state index < -0.39 is 4.92 Å². The van der Waals surface area contributed by atoms with Crippen LogP contribution < -0.4 is 4.74 Å². The number of benzene rings is 1. The van der Waals surface area contributed by atoms with Crippen LogP contribution in [0.15, 0.2) is 53.8 Å². The number of nitrogens with zero attached hydrogens (tertiary/aromatic N) is 5. The van der Waals surface area contributed by atoms with Gasteiger partial charge in [-0.25, -0.2) is 23.9 Å². The SMILES string of the molecule is Cn1c([N+](=O)[O-])cnc1C=Nc1ccc(Oc2ccc(F)cc2)nc1. The quantitative estimate of drug-likeness (QED) is 0.402. The molecule has 1 aromatic carbocycles. The molecule has 3 aromatic rings. The van der Waals surface area contributed by atoms with Crippen LogP contribution >= 0.6 is 0 Å². The van der Waals surface area contributed by atoms with Crippen molar-refractivity contribution in [3.8, 4) is 11.6 Å². The molecule has 0 unspecified atom stereocenters. The monoisotopic (exact) mass is 341 g/mol. The number of halogens is 1. The smallest absolute Gasteiger partial charge is 0.342 e. The molecular formula is C16H12FN5O3. The van der Waals surface area contributed by atoms with Crippen LogP contribution in [0.25, 0.3) is 0 Å². The second kappa shape index (κ2) is 6.87. The Bertz CT molecular complexity index is 920. The van der Waals surface area contributed by atoms with Crippen molar-refractivity contribution in [3.63, 3.8) is 0 Å². The van der Waals surface area contributed by atoms with Crippen molar-refractivity contribution in [2.45, 2.75) is 0 Å². The molecule has 8 nitrogen and oxygen atoms in total.